The van der Waals surface area contributed by atoms with E-state index in [2.05, 4.69) is 0 Å². The molecule has 0 aliphatic carbocycles. The summed E-state index contributed by atoms with van der Waals surface area (Å²) in [7, 11) is 0. The fraction of sp³-hybridized carbons (Fsp3) is 0.286. The fourth-order valence-corrected chi connectivity index (χ4v) is 2.47. The van der Waals surface area contributed by atoms with Crippen LogP contribution in [0.15, 0.2) is 22.6 Å². The lowest BCUT2D eigenvalue weighted by Crippen LogP contribution is -1.98. The van der Waals surface area contributed by atoms with Gasteiger partial charge in [-0.2, -0.15) is 0 Å². The molecular formula is C14H13ClF2O. The maximum Gasteiger partial charge on any atom is 0.159 e. The fourth-order valence-electron chi connectivity index (χ4n) is 2.02. The summed E-state index contributed by atoms with van der Waals surface area (Å²) >= 11 is 6.33. The molecule has 2 aromatic rings. The van der Waals surface area contributed by atoms with Gasteiger partial charge in [-0.15, -0.1) is 11.6 Å². The van der Waals surface area contributed by atoms with Gasteiger partial charge >= 0.3 is 0 Å². The van der Waals surface area contributed by atoms with Gasteiger partial charge in [0.15, 0.2) is 11.6 Å². The summed E-state index contributed by atoms with van der Waals surface area (Å²) in [6, 6.07) is 3.68. The molecule has 0 bridgehead atoms. The molecular weight excluding hydrogens is 258 g/mol. The first-order valence-corrected chi connectivity index (χ1v) is 6.01. The lowest BCUT2D eigenvalue weighted by molar-refractivity contribution is 0.499. The van der Waals surface area contributed by atoms with Crippen LogP contribution in [-0.2, 0) is 0 Å². The summed E-state index contributed by atoms with van der Waals surface area (Å²) in [5.41, 5.74) is 2.28. The van der Waals surface area contributed by atoms with Crippen LogP contribution in [0.1, 0.15) is 33.6 Å². The third kappa shape index (κ3) is 2.15. The minimum Gasteiger partial charge on any atom is -0.466 e. The van der Waals surface area contributed by atoms with Crippen molar-refractivity contribution in [2.24, 2.45) is 0 Å². The van der Waals surface area contributed by atoms with Crippen LogP contribution in [0.2, 0.25) is 0 Å². The van der Waals surface area contributed by atoms with Crippen molar-refractivity contribution < 1.29 is 13.2 Å². The molecule has 1 unspecified atom stereocenters. The van der Waals surface area contributed by atoms with Crippen LogP contribution in [0.3, 0.4) is 0 Å². The van der Waals surface area contributed by atoms with E-state index in [0.717, 1.165) is 29.0 Å². The molecule has 18 heavy (non-hydrogen) atoms. The molecule has 96 valence electrons. The van der Waals surface area contributed by atoms with Crippen LogP contribution in [0, 0.1) is 32.4 Å². The number of benzene rings is 1. The summed E-state index contributed by atoms with van der Waals surface area (Å²) < 4.78 is 31.6. The molecule has 4 heteroatoms. The van der Waals surface area contributed by atoms with Gasteiger partial charge in [-0.25, -0.2) is 8.78 Å². The predicted molar refractivity (Wildman–Crippen MR) is 67.0 cm³/mol. The van der Waals surface area contributed by atoms with Gasteiger partial charge in [0.1, 0.15) is 11.5 Å². The average molecular weight is 271 g/mol. The normalized spacial score (nSPS) is 12.8. The molecule has 0 aliphatic rings. The number of furan rings is 1. The molecule has 0 saturated carbocycles. The van der Waals surface area contributed by atoms with Crippen molar-refractivity contribution in [2.45, 2.75) is 26.1 Å². The Morgan fingerprint density at radius 2 is 1.72 bits per heavy atom. The topological polar surface area (TPSA) is 13.1 Å². The number of hydrogen-bond acceptors (Lipinski definition) is 1. The molecule has 1 nitrogen and oxygen atoms in total. The molecule has 0 spiro atoms. The Hall–Kier alpha value is -1.35. The van der Waals surface area contributed by atoms with E-state index in [9.17, 15) is 8.78 Å². The second-order valence-electron chi connectivity index (χ2n) is 4.29. The first kappa shape index (κ1) is 13.1. The highest BCUT2D eigenvalue weighted by atomic mass is 35.5. The molecule has 1 aromatic heterocycles. The Labute approximate surface area is 109 Å². The van der Waals surface area contributed by atoms with E-state index in [1.807, 2.05) is 20.8 Å². The second kappa shape index (κ2) is 4.73. The summed E-state index contributed by atoms with van der Waals surface area (Å²) in [6.07, 6.45) is 0. The number of alkyl halides is 1. The van der Waals surface area contributed by atoms with Crippen molar-refractivity contribution >= 4 is 11.6 Å². The Bertz CT molecular complexity index is 590. The van der Waals surface area contributed by atoms with Gasteiger partial charge in [0.05, 0.1) is 5.38 Å². The Balaban J connectivity index is 2.47. The van der Waals surface area contributed by atoms with E-state index >= 15 is 0 Å². The molecule has 0 radical (unpaired) electrons. The molecule has 0 fully saturated rings. The third-order valence-corrected chi connectivity index (χ3v) is 3.58. The Morgan fingerprint density at radius 3 is 2.22 bits per heavy atom. The number of aryl methyl sites for hydroxylation is 2. The van der Waals surface area contributed by atoms with Gasteiger partial charge in [-0.05, 0) is 44.0 Å². The second-order valence-corrected chi connectivity index (χ2v) is 4.73. The van der Waals surface area contributed by atoms with Crippen LogP contribution in [0.5, 0.6) is 0 Å². The highest BCUT2D eigenvalue weighted by Crippen LogP contribution is 2.36. The van der Waals surface area contributed by atoms with Crippen molar-refractivity contribution in [1.82, 2.24) is 0 Å². The van der Waals surface area contributed by atoms with Crippen LogP contribution < -0.4 is 0 Å². The van der Waals surface area contributed by atoms with E-state index in [-0.39, 0.29) is 0 Å². The summed E-state index contributed by atoms with van der Waals surface area (Å²) in [5, 5.41) is -0.544. The SMILES string of the molecule is Cc1oc(C)c(C(Cl)c2ccc(F)c(F)c2)c1C. The Kier molecular flexibility index (Phi) is 3.44. The van der Waals surface area contributed by atoms with Gasteiger partial charge in [0, 0.05) is 5.56 Å². The van der Waals surface area contributed by atoms with Crippen LogP contribution in [0.4, 0.5) is 8.78 Å². The minimum absolute atomic E-state index is 0.516. The molecule has 1 heterocycles. The van der Waals surface area contributed by atoms with Gasteiger partial charge in [0.25, 0.3) is 0 Å². The zero-order valence-corrected chi connectivity index (χ0v) is 11.1. The maximum atomic E-state index is 13.2. The summed E-state index contributed by atoms with van der Waals surface area (Å²) in [6.45, 7) is 5.56. The van der Waals surface area contributed by atoms with Gasteiger partial charge in [-0.3, -0.25) is 0 Å². The molecule has 0 aliphatic heterocycles. The standard InChI is InChI=1S/C14H13ClF2O/c1-7-8(2)18-9(3)13(7)14(15)10-4-5-11(16)12(17)6-10/h4-6,14H,1-3H3. The zero-order valence-electron chi connectivity index (χ0n) is 10.4. The smallest absolute Gasteiger partial charge is 0.159 e. The van der Waals surface area contributed by atoms with E-state index in [1.165, 1.54) is 6.07 Å². The lowest BCUT2D eigenvalue weighted by Gasteiger charge is -2.11. The first-order valence-electron chi connectivity index (χ1n) is 5.57. The monoisotopic (exact) mass is 270 g/mol. The molecule has 1 atom stereocenters. The maximum absolute atomic E-state index is 13.2. The van der Waals surface area contributed by atoms with Crippen molar-refractivity contribution in [3.8, 4) is 0 Å². The number of rotatable bonds is 2. The largest absolute Gasteiger partial charge is 0.466 e. The van der Waals surface area contributed by atoms with E-state index in [4.69, 9.17) is 16.0 Å². The third-order valence-electron chi connectivity index (χ3n) is 3.11. The predicted octanol–water partition coefficient (Wildman–Crippen LogP) is 4.81. The van der Waals surface area contributed by atoms with Crippen LogP contribution in [0.25, 0.3) is 0 Å². The highest BCUT2D eigenvalue weighted by molar-refractivity contribution is 6.22. The van der Waals surface area contributed by atoms with Crippen LogP contribution in [-0.4, -0.2) is 0 Å². The van der Waals surface area contributed by atoms with Crippen molar-refractivity contribution in [1.29, 1.82) is 0 Å². The van der Waals surface area contributed by atoms with E-state index in [0.29, 0.717) is 11.3 Å². The summed E-state index contributed by atoms with van der Waals surface area (Å²) in [5.74, 6) is -0.279. The first-order chi connectivity index (χ1) is 8.41. The highest BCUT2D eigenvalue weighted by Gasteiger charge is 2.21. The Morgan fingerprint density at radius 1 is 1.06 bits per heavy atom. The average Bonchev–Trinajstić information content (AvgIpc) is 2.56. The molecule has 0 amide bonds. The van der Waals surface area contributed by atoms with Gasteiger partial charge in [0.2, 0.25) is 0 Å². The molecule has 2 rings (SSSR count). The van der Waals surface area contributed by atoms with Crippen molar-refractivity contribution in [3.63, 3.8) is 0 Å². The quantitative estimate of drug-likeness (QED) is 0.714. The molecule has 0 N–H and O–H groups in total. The number of hydrogen-bond donors (Lipinski definition) is 0. The van der Waals surface area contributed by atoms with Crippen molar-refractivity contribution in [2.75, 3.05) is 0 Å². The van der Waals surface area contributed by atoms with Crippen LogP contribution >= 0.6 is 11.6 Å². The minimum atomic E-state index is -0.895. The van der Waals surface area contributed by atoms with E-state index < -0.39 is 17.0 Å². The number of halogens is 3. The zero-order chi connectivity index (χ0) is 13.4. The van der Waals surface area contributed by atoms with Gasteiger partial charge in [-0.1, -0.05) is 6.07 Å². The van der Waals surface area contributed by atoms with E-state index in [1.54, 1.807) is 0 Å². The van der Waals surface area contributed by atoms with Gasteiger partial charge < -0.3 is 4.42 Å². The van der Waals surface area contributed by atoms with Crippen molar-refractivity contribution in [3.05, 3.63) is 58.0 Å². The molecule has 0 saturated heterocycles. The summed E-state index contributed by atoms with van der Waals surface area (Å²) in [4.78, 5) is 0. The molecule has 1 aromatic carbocycles. The lowest BCUT2D eigenvalue weighted by atomic mass is 10.0.